The van der Waals surface area contributed by atoms with Crippen molar-refractivity contribution in [3.05, 3.63) is 24.6 Å². The molecule has 0 aliphatic rings. The molecule has 18 heavy (non-hydrogen) atoms. The summed E-state index contributed by atoms with van der Waals surface area (Å²) < 4.78 is 0. The topological polar surface area (TPSA) is 24.1 Å². The molecule has 0 spiro atoms. The molecule has 2 heteroatoms. The van der Waals surface area contributed by atoms with Crippen LogP contribution in [-0.2, 0) is 0 Å². The van der Waals surface area contributed by atoms with E-state index in [1.165, 1.54) is 0 Å². The third kappa shape index (κ3) is 315. The highest BCUT2D eigenvalue weighted by molar-refractivity contribution is 4.70. The molecule has 0 unspecified atom stereocenters. The summed E-state index contributed by atoms with van der Waals surface area (Å²) >= 11 is 0. The molecule has 0 radical (unpaired) electrons. The number of rotatable bonds is 2. The Morgan fingerprint density at radius 1 is 0.500 bits per heavy atom. The SMILES string of the molecule is C/C=C\NC.C/C=C\NC.CC.CC.CC.CC. The number of nitrogens with one attached hydrogen (secondary N) is 2. The Labute approximate surface area is 119 Å². The summed E-state index contributed by atoms with van der Waals surface area (Å²) in [6.45, 7) is 19.9. The molecule has 0 fully saturated rings. The first-order valence-corrected chi connectivity index (χ1v) is 7.40. The summed E-state index contributed by atoms with van der Waals surface area (Å²) in [5.41, 5.74) is 0. The van der Waals surface area contributed by atoms with E-state index in [2.05, 4.69) is 10.6 Å². The summed E-state index contributed by atoms with van der Waals surface area (Å²) in [6.07, 6.45) is 7.64. The van der Waals surface area contributed by atoms with Gasteiger partial charge in [0.2, 0.25) is 0 Å². The average molecular weight is 263 g/mol. The van der Waals surface area contributed by atoms with Gasteiger partial charge in [-0.3, -0.25) is 0 Å². The van der Waals surface area contributed by atoms with Gasteiger partial charge >= 0.3 is 0 Å². The molecule has 116 valence electrons. The molecule has 0 aromatic rings. The Balaban J connectivity index is -0.0000000260. The fourth-order valence-corrected chi connectivity index (χ4v) is 0.333. The Hall–Kier alpha value is -0.920. The van der Waals surface area contributed by atoms with Gasteiger partial charge in [0.15, 0.2) is 0 Å². The summed E-state index contributed by atoms with van der Waals surface area (Å²) in [6, 6.07) is 0. The molecule has 2 N–H and O–H groups in total. The minimum Gasteiger partial charge on any atom is -0.394 e. The highest BCUT2D eigenvalue weighted by Crippen LogP contribution is 1.53. The molecule has 0 saturated heterocycles. The first-order valence-electron chi connectivity index (χ1n) is 7.40. The first-order chi connectivity index (χ1) is 8.83. The van der Waals surface area contributed by atoms with E-state index in [-0.39, 0.29) is 0 Å². The minimum atomic E-state index is 1.88. The fourth-order valence-electron chi connectivity index (χ4n) is 0.333. The normalized spacial score (nSPS) is 6.44. The van der Waals surface area contributed by atoms with Crippen LogP contribution in [0.5, 0.6) is 0 Å². The third-order valence-corrected chi connectivity index (χ3v) is 0.667. The summed E-state index contributed by atoms with van der Waals surface area (Å²) in [5.74, 6) is 0. The van der Waals surface area contributed by atoms with Crippen LogP contribution in [0.4, 0.5) is 0 Å². The van der Waals surface area contributed by atoms with Crippen LogP contribution < -0.4 is 10.6 Å². The largest absolute Gasteiger partial charge is 0.394 e. The molecule has 0 heterocycles. The van der Waals surface area contributed by atoms with Crippen molar-refractivity contribution in [2.45, 2.75) is 69.2 Å². The van der Waals surface area contributed by atoms with E-state index < -0.39 is 0 Å². The number of allylic oxidation sites excluding steroid dienone is 2. The molecule has 0 aromatic heterocycles. The van der Waals surface area contributed by atoms with E-state index in [0.717, 1.165) is 0 Å². The van der Waals surface area contributed by atoms with Gasteiger partial charge in [0.1, 0.15) is 0 Å². The Kier molecular flexibility index (Phi) is 283. The van der Waals surface area contributed by atoms with Crippen LogP contribution in [-0.4, -0.2) is 14.1 Å². The lowest BCUT2D eigenvalue weighted by Gasteiger charge is -1.75. The zero-order chi connectivity index (χ0) is 16.2. The van der Waals surface area contributed by atoms with E-state index >= 15 is 0 Å². The highest BCUT2D eigenvalue weighted by Gasteiger charge is 1.46. The van der Waals surface area contributed by atoms with Gasteiger partial charge in [-0.25, -0.2) is 0 Å². The van der Waals surface area contributed by atoms with Crippen molar-refractivity contribution < 1.29 is 0 Å². The second-order valence-corrected chi connectivity index (χ2v) is 1.58. The molecule has 0 bridgehead atoms. The molecule has 0 aliphatic carbocycles. The van der Waals surface area contributed by atoms with Gasteiger partial charge in [0.05, 0.1) is 0 Å². The van der Waals surface area contributed by atoms with E-state index in [1.807, 2.05) is 108 Å². The van der Waals surface area contributed by atoms with Gasteiger partial charge in [0.25, 0.3) is 0 Å². The van der Waals surface area contributed by atoms with Gasteiger partial charge in [-0.2, -0.15) is 0 Å². The molecular weight excluding hydrogens is 220 g/mol. The van der Waals surface area contributed by atoms with Gasteiger partial charge in [-0.15, -0.1) is 0 Å². The molecule has 0 amide bonds. The smallest absolute Gasteiger partial charge is 0.00276 e. The van der Waals surface area contributed by atoms with E-state index in [4.69, 9.17) is 0 Å². The lowest BCUT2D eigenvalue weighted by Crippen LogP contribution is -1.89. The van der Waals surface area contributed by atoms with Crippen LogP contribution in [0.15, 0.2) is 24.6 Å². The van der Waals surface area contributed by atoms with Crippen LogP contribution >= 0.6 is 0 Å². The number of hydrogen-bond donors (Lipinski definition) is 2. The standard InChI is InChI=1S/2C4H9N.4C2H6/c2*1-3-4-5-2;4*1-2/h2*3-5H,1-2H3;4*1-2H3/b2*4-3-;;;;. The lowest BCUT2D eigenvalue weighted by molar-refractivity contribution is 1.10. The maximum atomic E-state index is 2.84. The van der Waals surface area contributed by atoms with Crippen LogP contribution in [0, 0.1) is 0 Å². The number of hydrogen-bond acceptors (Lipinski definition) is 2. The monoisotopic (exact) mass is 262 g/mol. The Morgan fingerprint density at radius 2 is 0.667 bits per heavy atom. The third-order valence-electron chi connectivity index (χ3n) is 0.667. The van der Waals surface area contributed by atoms with Gasteiger partial charge in [-0.05, 0) is 26.2 Å². The van der Waals surface area contributed by atoms with Crippen molar-refractivity contribution >= 4 is 0 Å². The molecular formula is C16H42N2. The van der Waals surface area contributed by atoms with Gasteiger partial charge in [0, 0.05) is 14.1 Å². The second-order valence-electron chi connectivity index (χ2n) is 1.58. The molecule has 0 saturated carbocycles. The maximum Gasteiger partial charge on any atom is 0.00276 e. The highest BCUT2D eigenvalue weighted by atomic mass is 14.8. The van der Waals surface area contributed by atoms with E-state index in [0.29, 0.717) is 0 Å². The quantitative estimate of drug-likeness (QED) is 0.678. The van der Waals surface area contributed by atoms with E-state index in [1.54, 1.807) is 0 Å². The van der Waals surface area contributed by atoms with Gasteiger partial charge in [-0.1, -0.05) is 67.5 Å². The van der Waals surface area contributed by atoms with Gasteiger partial charge < -0.3 is 10.6 Å². The van der Waals surface area contributed by atoms with Crippen molar-refractivity contribution in [1.82, 2.24) is 10.6 Å². The van der Waals surface area contributed by atoms with Crippen molar-refractivity contribution in [2.75, 3.05) is 14.1 Å². The summed E-state index contributed by atoms with van der Waals surface area (Å²) in [4.78, 5) is 0. The van der Waals surface area contributed by atoms with Crippen molar-refractivity contribution in [2.24, 2.45) is 0 Å². The Morgan fingerprint density at radius 3 is 0.667 bits per heavy atom. The van der Waals surface area contributed by atoms with Crippen molar-refractivity contribution in [3.63, 3.8) is 0 Å². The second kappa shape index (κ2) is 142. The fraction of sp³-hybridized carbons (Fsp3) is 0.750. The first kappa shape index (κ1) is 36.0. The molecule has 0 rings (SSSR count). The van der Waals surface area contributed by atoms with Crippen LogP contribution in [0.3, 0.4) is 0 Å². The predicted molar refractivity (Wildman–Crippen MR) is 93.1 cm³/mol. The molecule has 0 atom stereocenters. The van der Waals surface area contributed by atoms with Crippen LogP contribution in [0.1, 0.15) is 69.2 Å². The Bertz CT molecular complexity index is 75.1. The predicted octanol–water partition coefficient (Wildman–Crippen LogP) is 5.58. The molecule has 0 aliphatic heterocycles. The zero-order valence-corrected chi connectivity index (χ0v) is 15.3. The maximum absolute atomic E-state index is 2.84. The van der Waals surface area contributed by atoms with Crippen molar-refractivity contribution in [1.29, 1.82) is 0 Å². The minimum absolute atomic E-state index is 1.88. The van der Waals surface area contributed by atoms with E-state index in [9.17, 15) is 0 Å². The molecule has 0 aromatic carbocycles. The van der Waals surface area contributed by atoms with Crippen LogP contribution in [0.25, 0.3) is 0 Å². The van der Waals surface area contributed by atoms with Crippen molar-refractivity contribution in [3.8, 4) is 0 Å². The lowest BCUT2D eigenvalue weighted by atomic mass is 10.7. The van der Waals surface area contributed by atoms with Crippen LogP contribution in [0.2, 0.25) is 0 Å². The zero-order valence-electron chi connectivity index (χ0n) is 15.3. The summed E-state index contributed by atoms with van der Waals surface area (Å²) in [7, 11) is 3.75. The average Bonchev–Trinajstić information content (AvgIpc) is 2.50. The summed E-state index contributed by atoms with van der Waals surface area (Å²) in [5, 5.41) is 5.67. The molecule has 2 nitrogen and oxygen atoms in total.